The van der Waals surface area contributed by atoms with E-state index in [0.29, 0.717) is 23.6 Å². The average molecular weight is 465 g/mol. The molecule has 10 heteroatoms. The number of halogens is 3. The van der Waals surface area contributed by atoms with Crippen LogP contribution in [0.2, 0.25) is 5.02 Å². The van der Waals surface area contributed by atoms with Gasteiger partial charge in [0.15, 0.2) is 5.75 Å². The molecule has 0 aliphatic carbocycles. The Hall–Kier alpha value is -3.17. The molecule has 0 radical (unpaired) electrons. The van der Waals surface area contributed by atoms with Crippen LogP contribution in [0.25, 0.3) is 11.1 Å². The van der Waals surface area contributed by atoms with Crippen molar-refractivity contribution in [3.8, 4) is 16.9 Å². The highest BCUT2D eigenvalue weighted by Gasteiger charge is 2.26. The molecule has 31 heavy (non-hydrogen) atoms. The molecular formula is C21H15ClF2N2O4S. The highest BCUT2D eigenvalue weighted by atomic mass is 35.5. The number of hydrogen-bond acceptors (Lipinski definition) is 4. The first-order valence-corrected chi connectivity index (χ1v) is 10.9. The van der Waals surface area contributed by atoms with E-state index in [9.17, 15) is 27.1 Å². The SMILES string of the molecule is O=C1NCCc2ccccc2-c2cc(c(F)cc2F)NS(=O)(=O)c2cc1cc(Cl)c2O. The summed E-state index contributed by atoms with van der Waals surface area (Å²) in [5, 5.41) is 12.4. The molecule has 1 heterocycles. The fourth-order valence-corrected chi connectivity index (χ4v) is 4.83. The fourth-order valence-electron chi connectivity index (χ4n) is 3.36. The molecule has 0 spiro atoms. The lowest BCUT2D eigenvalue weighted by Gasteiger charge is -2.17. The van der Waals surface area contributed by atoms with Crippen LogP contribution in [0.15, 0.2) is 53.4 Å². The van der Waals surface area contributed by atoms with Gasteiger partial charge in [-0.3, -0.25) is 9.52 Å². The lowest BCUT2D eigenvalue weighted by Crippen LogP contribution is -2.26. The standard InChI is InChI=1S/C21H15ClF2N2O4S/c22-15-7-12-8-19(20(15)27)31(29,30)26-18-9-14(16(23)10-17(18)24)13-4-2-1-3-11(13)5-6-25-21(12)28/h1-4,7-10,26-27H,5-6H2,(H,25,28). The zero-order valence-electron chi connectivity index (χ0n) is 15.7. The molecule has 3 aromatic rings. The third kappa shape index (κ3) is 3.94. The molecule has 1 aliphatic rings. The number of rotatable bonds is 0. The van der Waals surface area contributed by atoms with Gasteiger partial charge in [-0.2, -0.15) is 0 Å². The van der Waals surface area contributed by atoms with Crippen molar-refractivity contribution in [3.63, 3.8) is 0 Å². The molecule has 1 amide bonds. The second-order valence-electron chi connectivity index (χ2n) is 6.89. The van der Waals surface area contributed by atoms with Crippen molar-refractivity contribution in [2.24, 2.45) is 0 Å². The number of anilines is 1. The highest BCUT2D eigenvalue weighted by Crippen LogP contribution is 2.36. The van der Waals surface area contributed by atoms with Crippen LogP contribution in [-0.4, -0.2) is 26.0 Å². The predicted molar refractivity (Wildman–Crippen MR) is 112 cm³/mol. The first kappa shape index (κ1) is 21.1. The van der Waals surface area contributed by atoms with Crippen LogP contribution in [-0.2, 0) is 16.4 Å². The van der Waals surface area contributed by atoms with Gasteiger partial charge in [0.2, 0.25) is 0 Å². The van der Waals surface area contributed by atoms with Crippen LogP contribution in [0.5, 0.6) is 5.75 Å². The van der Waals surface area contributed by atoms with Crippen molar-refractivity contribution in [3.05, 3.63) is 76.3 Å². The Morgan fingerprint density at radius 2 is 1.74 bits per heavy atom. The first-order valence-electron chi connectivity index (χ1n) is 9.08. The number of carbonyl (C=O) groups excluding carboxylic acids is 1. The predicted octanol–water partition coefficient (Wildman–Crippen LogP) is 4.08. The summed E-state index contributed by atoms with van der Waals surface area (Å²) in [6.45, 7) is 0.157. The van der Waals surface area contributed by atoms with Gasteiger partial charge in [0.25, 0.3) is 15.9 Å². The Balaban J connectivity index is 1.97. The van der Waals surface area contributed by atoms with Crippen LogP contribution in [0, 0.1) is 11.6 Å². The van der Waals surface area contributed by atoms with Crippen molar-refractivity contribution in [1.29, 1.82) is 0 Å². The van der Waals surface area contributed by atoms with Crippen molar-refractivity contribution in [2.75, 3.05) is 11.3 Å². The van der Waals surface area contributed by atoms with E-state index in [1.165, 1.54) is 0 Å². The second kappa shape index (κ2) is 7.82. The van der Waals surface area contributed by atoms with Crippen molar-refractivity contribution < 1.29 is 27.1 Å². The van der Waals surface area contributed by atoms with E-state index >= 15 is 0 Å². The first-order chi connectivity index (χ1) is 14.7. The maximum absolute atomic E-state index is 14.6. The number of amides is 1. The van der Waals surface area contributed by atoms with Crippen molar-refractivity contribution in [1.82, 2.24) is 5.32 Å². The fraction of sp³-hybridized carbons (Fsp3) is 0.0952. The van der Waals surface area contributed by atoms with E-state index in [1.54, 1.807) is 24.3 Å². The lowest BCUT2D eigenvalue weighted by atomic mass is 9.96. The molecular weight excluding hydrogens is 450 g/mol. The summed E-state index contributed by atoms with van der Waals surface area (Å²) in [4.78, 5) is 11.8. The van der Waals surface area contributed by atoms with Crippen molar-refractivity contribution >= 4 is 33.2 Å². The maximum atomic E-state index is 14.6. The van der Waals surface area contributed by atoms with Crippen molar-refractivity contribution in [2.45, 2.75) is 11.3 Å². The molecule has 0 unspecified atom stereocenters. The number of phenolic OH excluding ortho intramolecular Hbond substituents is 1. The average Bonchev–Trinajstić information content (AvgIpc) is 2.71. The van der Waals surface area contributed by atoms with Crippen LogP contribution in [0.1, 0.15) is 15.9 Å². The van der Waals surface area contributed by atoms with Gasteiger partial charge in [0, 0.05) is 23.7 Å². The summed E-state index contributed by atoms with van der Waals surface area (Å²) in [6, 6.07) is 10.4. The quantitative estimate of drug-likeness (QED) is 0.467. The number of aromatic hydroxyl groups is 1. The third-order valence-electron chi connectivity index (χ3n) is 4.87. The number of nitrogens with one attached hydrogen (secondary N) is 2. The van der Waals surface area contributed by atoms with Gasteiger partial charge >= 0.3 is 0 Å². The Labute approximate surface area is 181 Å². The van der Waals surface area contributed by atoms with Gasteiger partial charge < -0.3 is 10.4 Å². The number of phenols is 1. The van der Waals surface area contributed by atoms with E-state index in [0.717, 1.165) is 18.2 Å². The Kier molecular flexibility index (Phi) is 5.32. The minimum Gasteiger partial charge on any atom is -0.505 e. The topological polar surface area (TPSA) is 95.5 Å². The van der Waals surface area contributed by atoms with E-state index < -0.39 is 43.9 Å². The summed E-state index contributed by atoms with van der Waals surface area (Å²) in [5.41, 5.74) is 0.455. The van der Waals surface area contributed by atoms with Gasteiger partial charge in [0.05, 0.1) is 10.7 Å². The molecule has 1 aliphatic heterocycles. The Morgan fingerprint density at radius 1 is 1.00 bits per heavy atom. The molecule has 0 saturated carbocycles. The summed E-state index contributed by atoms with van der Waals surface area (Å²) in [5.74, 6) is -3.44. The molecule has 6 nitrogen and oxygen atoms in total. The largest absolute Gasteiger partial charge is 0.505 e. The smallest absolute Gasteiger partial charge is 0.265 e. The lowest BCUT2D eigenvalue weighted by molar-refractivity contribution is 0.0954. The monoisotopic (exact) mass is 464 g/mol. The number of hydrogen-bond donors (Lipinski definition) is 3. The molecule has 0 atom stereocenters. The second-order valence-corrected chi connectivity index (χ2v) is 8.94. The van der Waals surface area contributed by atoms with Crippen LogP contribution in [0.3, 0.4) is 0 Å². The summed E-state index contributed by atoms with van der Waals surface area (Å²) >= 11 is 5.92. The summed E-state index contributed by atoms with van der Waals surface area (Å²) in [7, 11) is -4.58. The summed E-state index contributed by atoms with van der Waals surface area (Å²) < 4.78 is 56.8. The number of carbonyl (C=O) groups is 1. The van der Waals surface area contributed by atoms with Gasteiger partial charge in [-0.05, 0) is 35.7 Å². The normalized spacial score (nSPS) is 15.3. The molecule has 4 rings (SSSR count). The molecule has 0 fully saturated rings. The highest BCUT2D eigenvalue weighted by molar-refractivity contribution is 7.92. The van der Waals surface area contributed by atoms with Crippen LogP contribution >= 0.6 is 11.6 Å². The number of sulfonamides is 1. The molecule has 4 bridgehead atoms. The molecule has 0 saturated heterocycles. The van der Waals surface area contributed by atoms with Crippen LogP contribution < -0.4 is 10.0 Å². The van der Waals surface area contributed by atoms with Crippen LogP contribution in [0.4, 0.5) is 14.5 Å². The molecule has 3 aromatic carbocycles. The molecule has 160 valence electrons. The molecule has 0 aromatic heterocycles. The minimum absolute atomic E-state index is 0.0194. The van der Waals surface area contributed by atoms with E-state index in [4.69, 9.17) is 11.6 Å². The molecule has 3 N–H and O–H groups in total. The minimum atomic E-state index is -4.58. The maximum Gasteiger partial charge on any atom is 0.265 e. The van der Waals surface area contributed by atoms with E-state index in [-0.39, 0.29) is 22.7 Å². The zero-order chi connectivity index (χ0) is 22.3. The van der Waals surface area contributed by atoms with E-state index in [2.05, 4.69) is 5.32 Å². The van der Waals surface area contributed by atoms with Gasteiger partial charge in [-0.25, -0.2) is 17.2 Å². The zero-order valence-corrected chi connectivity index (χ0v) is 17.3. The van der Waals surface area contributed by atoms with Gasteiger partial charge in [-0.15, -0.1) is 0 Å². The Bertz CT molecular complexity index is 1330. The van der Waals surface area contributed by atoms with Gasteiger partial charge in [0.1, 0.15) is 16.5 Å². The number of benzene rings is 3. The van der Waals surface area contributed by atoms with Gasteiger partial charge in [-0.1, -0.05) is 35.9 Å². The number of fused-ring (bicyclic) bond motifs is 6. The Morgan fingerprint density at radius 3 is 2.52 bits per heavy atom. The van der Waals surface area contributed by atoms with E-state index in [1.807, 2.05) is 4.72 Å². The summed E-state index contributed by atoms with van der Waals surface area (Å²) in [6.07, 6.45) is 0.332. The third-order valence-corrected chi connectivity index (χ3v) is 6.54.